The Bertz CT molecular complexity index is 440. The fraction of sp³-hybridized carbons (Fsp3) is 0.333. The first kappa shape index (κ1) is 14.3. The van der Waals surface area contributed by atoms with Gasteiger partial charge in [-0.05, 0) is 50.3 Å². The molecule has 0 bridgehead atoms. The van der Waals surface area contributed by atoms with E-state index in [4.69, 9.17) is 0 Å². The molecule has 0 aliphatic carbocycles. The molecule has 0 heterocycles. The Hall–Kier alpha value is -1.74. The van der Waals surface area contributed by atoms with Crippen molar-refractivity contribution in [2.75, 3.05) is 0 Å². The lowest BCUT2D eigenvalue weighted by molar-refractivity contribution is 0.605. The van der Waals surface area contributed by atoms with Crippen molar-refractivity contribution in [1.82, 2.24) is 0 Å². The van der Waals surface area contributed by atoms with E-state index in [1.165, 1.54) is 18.4 Å². The molecule has 1 aromatic carbocycles. The lowest BCUT2D eigenvalue weighted by atomic mass is 10.0. The zero-order chi connectivity index (χ0) is 13.2. The molecule has 1 unspecified atom stereocenters. The molecule has 0 saturated heterocycles. The van der Waals surface area contributed by atoms with Crippen LogP contribution in [0, 0.1) is 17.8 Å². The van der Waals surface area contributed by atoms with Crippen LogP contribution in [-0.2, 0) is 0 Å². The van der Waals surface area contributed by atoms with Crippen molar-refractivity contribution in [1.29, 1.82) is 0 Å². The van der Waals surface area contributed by atoms with Crippen molar-refractivity contribution in [3.05, 3.63) is 60.2 Å². The number of benzene rings is 1. The monoisotopic (exact) mass is 238 g/mol. The topological polar surface area (TPSA) is 0 Å². The van der Waals surface area contributed by atoms with Gasteiger partial charge < -0.3 is 0 Å². The van der Waals surface area contributed by atoms with Gasteiger partial charge >= 0.3 is 0 Å². The molecule has 0 amide bonds. The molecule has 94 valence electrons. The average molecular weight is 238 g/mol. The van der Waals surface area contributed by atoms with E-state index in [9.17, 15) is 0 Å². The summed E-state index contributed by atoms with van der Waals surface area (Å²) in [6, 6.07) is 10.1. The van der Waals surface area contributed by atoms with Crippen molar-refractivity contribution in [2.45, 2.75) is 33.1 Å². The van der Waals surface area contributed by atoms with Gasteiger partial charge in [-0.2, -0.15) is 0 Å². The van der Waals surface area contributed by atoms with Gasteiger partial charge in [-0.15, -0.1) is 6.58 Å². The highest BCUT2D eigenvalue weighted by molar-refractivity contribution is 5.36. The van der Waals surface area contributed by atoms with Gasteiger partial charge in [0.15, 0.2) is 0 Å². The minimum Gasteiger partial charge on any atom is -0.100 e. The van der Waals surface area contributed by atoms with E-state index < -0.39 is 0 Å². The van der Waals surface area contributed by atoms with Crippen LogP contribution in [-0.4, -0.2) is 0 Å². The summed E-state index contributed by atoms with van der Waals surface area (Å²) in [5.41, 5.74) is 2.34. The second kappa shape index (κ2) is 8.37. The summed E-state index contributed by atoms with van der Waals surface area (Å²) in [7, 11) is 0. The molecule has 0 saturated carbocycles. The zero-order valence-corrected chi connectivity index (χ0v) is 11.4. The van der Waals surface area contributed by atoms with E-state index in [0.29, 0.717) is 5.92 Å². The summed E-state index contributed by atoms with van der Waals surface area (Å²) in [5.74, 6) is 6.80. The lowest BCUT2D eigenvalue weighted by Crippen LogP contribution is -1.89. The van der Waals surface area contributed by atoms with Crippen LogP contribution < -0.4 is 0 Å². The zero-order valence-electron chi connectivity index (χ0n) is 11.4. The normalized spacial score (nSPS) is 11.9. The highest BCUT2D eigenvalue weighted by Crippen LogP contribution is 2.11. The summed E-state index contributed by atoms with van der Waals surface area (Å²) in [5, 5.41) is 0. The largest absolute Gasteiger partial charge is 0.100 e. The second-order valence-corrected chi connectivity index (χ2v) is 4.82. The maximum absolute atomic E-state index is 3.92. The predicted octanol–water partition coefficient (Wildman–Crippen LogP) is 4.98. The van der Waals surface area contributed by atoms with Crippen molar-refractivity contribution >= 4 is 0 Å². The first-order valence-electron chi connectivity index (χ1n) is 6.56. The third-order valence-electron chi connectivity index (χ3n) is 2.76. The van der Waals surface area contributed by atoms with E-state index in [2.05, 4.69) is 38.3 Å². The van der Waals surface area contributed by atoms with Crippen molar-refractivity contribution in [3.8, 4) is 11.8 Å². The minimum absolute atomic E-state index is 0.592. The molecule has 1 rings (SSSR count). The minimum atomic E-state index is 0.592. The van der Waals surface area contributed by atoms with E-state index in [0.717, 1.165) is 12.0 Å². The molecule has 0 N–H and O–H groups in total. The highest BCUT2D eigenvalue weighted by atomic mass is 14.0. The molecule has 1 atom stereocenters. The molecule has 0 heteroatoms. The van der Waals surface area contributed by atoms with Gasteiger partial charge in [-0.25, -0.2) is 0 Å². The van der Waals surface area contributed by atoms with Crippen LogP contribution in [0.5, 0.6) is 0 Å². The second-order valence-electron chi connectivity index (χ2n) is 4.82. The molecule has 1 aromatic rings. The molecular weight excluding hydrogens is 216 g/mol. The number of hydrogen-bond donors (Lipinski definition) is 0. The molecule has 0 fully saturated rings. The summed E-state index contributed by atoms with van der Waals surface area (Å²) >= 11 is 0. The molecular formula is C18H22. The van der Waals surface area contributed by atoms with Crippen molar-refractivity contribution < 1.29 is 0 Å². The van der Waals surface area contributed by atoms with Crippen LogP contribution in [0.15, 0.2) is 54.6 Å². The number of rotatable bonds is 5. The van der Waals surface area contributed by atoms with Crippen LogP contribution in [0.3, 0.4) is 0 Å². The van der Waals surface area contributed by atoms with Crippen LogP contribution in [0.25, 0.3) is 0 Å². The van der Waals surface area contributed by atoms with Gasteiger partial charge in [-0.3, -0.25) is 0 Å². The molecule has 0 aliphatic heterocycles. The molecule has 0 nitrogen and oxygen atoms in total. The van der Waals surface area contributed by atoms with E-state index >= 15 is 0 Å². The average Bonchev–Trinajstić information content (AvgIpc) is 2.35. The molecule has 18 heavy (non-hydrogen) atoms. The molecule has 0 radical (unpaired) electrons. The summed E-state index contributed by atoms with van der Waals surface area (Å²) < 4.78 is 0. The first-order valence-corrected chi connectivity index (χ1v) is 6.56. The Morgan fingerprint density at radius 2 is 2.06 bits per heavy atom. The fourth-order valence-electron chi connectivity index (χ4n) is 1.68. The van der Waals surface area contributed by atoms with Gasteiger partial charge in [-0.1, -0.05) is 48.6 Å². The molecule has 0 spiro atoms. The number of hydrogen-bond acceptors (Lipinski definition) is 0. The molecule has 0 aliphatic rings. The van der Waals surface area contributed by atoms with Gasteiger partial charge in [0.05, 0.1) is 0 Å². The third-order valence-corrected chi connectivity index (χ3v) is 2.76. The van der Waals surface area contributed by atoms with Crippen LogP contribution in [0.2, 0.25) is 0 Å². The van der Waals surface area contributed by atoms with Gasteiger partial charge in [0.25, 0.3) is 0 Å². The maximum atomic E-state index is 3.92. The van der Waals surface area contributed by atoms with Crippen LogP contribution in [0.1, 0.15) is 38.7 Å². The van der Waals surface area contributed by atoms with E-state index in [1.807, 2.05) is 36.4 Å². The number of allylic oxidation sites excluding steroid dienone is 3. The van der Waals surface area contributed by atoms with Crippen molar-refractivity contribution in [3.63, 3.8) is 0 Å². The van der Waals surface area contributed by atoms with Gasteiger partial charge in [0.1, 0.15) is 0 Å². The van der Waals surface area contributed by atoms with Gasteiger partial charge in [0.2, 0.25) is 0 Å². The predicted molar refractivity (Wildman–Crippen MR) is 80.3 cm³/mol. The van der Waals surface area contributed by atoms with Crippen molar-refractivity contribution in [2.24, 2.45) is 5.92 Å². The van der Waals surface area contributed by atoms with E-state index in [1.54, 1.807) is 0 Å². The van der Waals surface area contributed by atoms with E-state index in [-0.39, 0.29) is 0 Å². The third kappa shape index (κ3) is 6.76. The SMILES string of the molecule is C=C(C)CCCC(C)/C=C/C#Cc1ccccc1. The first-order chi connectivity index (χ1) is 8.68. The van der Waals surface area contributed by atoms with Crippen LogP contribution in [0.4, 0.5) is 0 Å². The lowest BCUT2D eigenvalue weighted by Gasteiger charge is -2.04. The smallest absolute Gasteiger partial charge is 0.0248 e. The Balaban J connectivity index is 2.32. The Morgan fingerprint density at radius 3 is 2.72 bits per heavy atom. The fourth-order valence-corrected chi connectivity index (χ4v) is 1.68. The standard InChI is InChI=1S/C18H22/c1-16(2)10-9-12-17(3)11-7-8-15-18-13-5-4-6-14-18/h4-7,11,13-14,17H,1,9-10,12H2,2-3H3/b11-7+. The summed E-state index contributed by atoms with van der Waals surface area (Å²) in [6.07, 6.45) is 7.71. The Kier molecular flexibility index (Phi) is 6.66. The maximum Gasteiger partial charge on any atom is 0.0248 e. The quantitative estimate of drug-likeness (QED) is 0.501. The summed E-state index contributed by atoms with van der Waals surface area (Å²) in [6.45, 7) is 8.24. The van der Waals surface area contributed by atoms with Gasteiger partial charge in [0, 0.05) is 5.56 Å². The Labute approximate surface area is 111 Å². The highest BCUT2D eigenvalue weighted by Gasteiger charge is 1.96. The van der Waals surface area contributed by atoms with Crippen LogP contribution >= 0.6 is 0 Å². The Morgan fingerprint density at radius 1 is 1.33 bits per heavy atom. The molecule has 0 aromatic heterocycles. The summed E-state index contributed by atoms with van der Waals surface area (Å²) in [4.78, 5) is 0.